The van der Waals surface area contributed by atoms with Crippen LogP contribution in [0.3, 0.4) is 0 Å². The van der Waals surface area contributed by atoms with E-state index < -0.39 is 5.54 Å². The lowest BCUT2D eigenvalue weighted by molar-refractivity contribution is -0.159. The van der Waals surface area contributed by atoms with Crippen molar-refractivity contribution in [3.63, 3.8) is 0 Å². The highest BCUT2D eigenvalue weighted by atomic mass is 16.2. The summed E-state index contributed by atoms with van der Waals surface area (Å²) >= 11 is 0. The Balaban J connectivity index is 1.56. The standard InChI is InChI=1S/C25H38N2O2/c1-7-23(2,3)26-22(29)19-10-9-17-16-8-11-20-25(5,15-13-21(28)27(20)6)18(16)12-14-24(17,19)4/h1,16-20H,8-15H2,2-6H3,(H,26,29)/t16-,17-,18+,19?,20?,24-,25+/m0/s1. The molecule has 0 spiro atoms. The molecule has 4 aliphatic rings. The molecule has 0 aromatic heterocycles. The summed E-state index contributed by atoms with van der Waals surface area (Å²) in [5.74, 6) is 5.24. The molecule has 3 saturated carbocycles. The number of hydrogen-bond acceptors (Lipinski definition) is 2. The second kappa shape index (κ2) is 6.76. The summed E-state index contributed by atoms with van der Waals surface area (Å²) in [7, 11) is 2.01. The molecular formula is C25H38N2O2. The third-order valence-electron chi connectivity index (χ3n) is 9.67. The van der Waals surface area contributed by atoms with Crippen LogP contribution in [0.2, 0.25) is 0 Å². The third-order valence-corrected chi connectivity index (χ3v) is 9.67. The highest BCUT2D eigenvalue weighted by molar-refractivity contribution is 5.81. The molecule has 2 unspecified atom stereocenters. The van der Waals surface area contributed by atoms with E-state index >= 15 is 0 Å². The highest BCUT2D eigenvalue weighted by Gasteiger charge is 2.62. The first kappa shape index (κ1) is 20.8. The zero-order valence-electron chi connectivity index (χ0n) is 18.9. The molecule has 4 nitrogen and oxygen atoms in total. The Kier molecular flexibility index (Phi) is 4.84. The molecule has 1 saturated heterocycles. The van der Waals surface area contributed by atoms with Gasteiger partial charge in [-0.25, -0.2) is 0 Å². The topological polar surface area (TPSA) is 49.4 Å². The molecule has 4 heteroatoms. The summed E-state index contributed by atoms with van der Waals surface area (Å²) in [6, 6.07) is 0.395. The number of piperidine rings is 1. The Hall–Kier alpha value is -1.50. The number of nitrogens with one attached hydrogen (secondary N) is 1. The van der Waals surface area contributed by atoms with Gasteiger partial charge in [-0.05, 0) is 87.4 Å². The van der Waals surface area contributed by atoms with Gasteiger partial charge in [0.2, 0.25) is 11.8 Å². The van der Waals surface area contributed by atoms with Gasteiger partial charge in [-0.2, -0.15) is 0 Å². The van der Waals surface area contributed by atoms with Crippen molar-refractivity contribution in [2.45, 2.75) is 90.6 Å². The average molecular weight is 399 g/mol. The Morgan fingerprint density at radius 2 is 1.79 bits per heavy atom. The SMILES string of the molecule is C#CC(C)(C)NC(=O)C1CC[C@H]2[C@@H]3CCC4N(C)C(=O)CC[C@]4(C)[C@@H]3CC[C@]12C. The van der Waals surface area contributed by atoms with Crippen molar-refractivity contribution >= 4 is 11.8 Å². The predicted molar refractivity (Wildman–Crippen MR) is 115 cm³/mol. The lowest BCUT2D eigenvalue weighted by Gasteiger charge is -2.61. The van der Waals surface area contributed by atoms with Crippen LogP contribution in [0.25, 0.3) is 0 Å². The normalized spacial score (nSPS) is 44.3. The van der Waals surface area contributed by atoms with Crippen LogP contribution in [0.4, 0.5) is 0 Å². The lowest BCUT2D eigenvalue weighted by Crippen LogP contribution is -2.61. The summed E-state index contributed by atoms with van der Waals surface area (Å²) in [5, 5.41) is 3.12. The Morgan fingerprint density at radius 3 is 2.48 bits per heavy atom. The minimum atomic E-state index is -0.590. The number of carbonyl (C=O) groups excluding carboxylic acids is 2. The maximum Gasteiger partial charge on any atom is 0.224 e. The molecule has 1 N–H and O–H groups in total. The molecule has 7 atom stereocenters. The number of terminal acetylenes is 1. The monoisotopic (exact) mass is 398 g/mol. The van der Waals surface area contributed by atoms with Crippen LogP contribution in [0, 0.1) is 46.8 Å². The first-order chi connectivity index (χ1) is 13.5. The molecule has 29 heavy (non-hydrogen) atoms. The van der Waals surface area contributed by atoms with E-state index in [9.17, 15) is 9.59 Å². The van der Waals surface area contributed by atoms with Crippen molar-refractivity contribution in [3.05, 3.63) is 0 Å². The van der Waals surface area contributed by atoms with Crippen molar-refractivity contribution < 1.29 is 9.59 Å². The lowest BCUT2D eigenvalue weighted by atomic mass is 9.47. The fraction of sp³-hybridized carbons (Fsp3) is 0.840. The van der Waals surface area contributed by atoms with Crippen molar-refractivity contribution in [1.82, 2.24) is 10.2 Å². The summed E-state index contributed by atoms with van der Waals surface area (Å²) in [4.78, 5) is 27.5. The van der Waals surface area contributed by atoms with E-state index in [1.54, 1.807) is 0 Å². The molecule has 0 bridgehead atoms. The van der Waals surface area contributed by atoms with Crippen LogP contribution < -0.4 is 5.32 Å². The van der Waals surface area contributed by atoms with Gasteiger partial charge < -0.3 is 10.2 Å². The Morgan fingerprint density at radius 1 is 1.10 bits per heavy atom. The largest absolute Gasteiger partial charge is 0.342 e. The van der Waals surface area contributed by atoms with E-state index in [0.717, 1.165) is 32.1 Å². The fourth-order valence-electron chi connectivity index (χ4n) is 8.01. The summed E-state index contributed by atoms with van der Waals surface area (Å²) in [6.45, 7) is 8.63. The number of nitrogens with zero attached hydrogens (tertiary/aromatic N) is 1. The van der Waals surface area contributed by atoms with E-state index in [2.05, 4.69) is 30.0 Å². The minimum Gasteiger partial charge on any atom is -0.342 e. The smallest absolute Gasteiger partial charge is 0.224 e. The molecule has 2 amide bonds. The van der Waals surface area contributed by atoms with Crippen LogP contribution in [-0.2, 0) is 9.59 Å². The zero-order valence-corrected chi connectivity index (χ0v) is 18.9. The average Bonchev–Trinajstić information content (AvgIpc) is 3.02. The second-order valence-electron chi connectivity index (χ2n) is 11.4. The van der Waals surface area contributed by atoms with Crippen molar-refractivity contribution in [2.75, 3.05) is 7.05 Å². The summed E-state index contributed by atoms with van der Waals surface area (Å²) < 4.78 is 0. The first-order valence-electron chi connectivity index (χ1n) is 11.6. The third kappa shape index (κ3) is 3.03. The molecule has 4 rings (SSSR count). The van der Waals surface area contributed by atoms with Gasteiger partial charge in [0.05, 0.1) is 5.54 Å². The molecule has 0 aromatic rings. The molecule has 0 aromatic carbocycles. The van der Waals surface area contributed by atoms with Crippen LogP contribution in [-0.4, -0.2) is 35.3 Å². The maximum absolute atomic E-state index is 13.2. The molecular weight excluding hydrogens is 360 g/mol. The predicted octanol–water partition coefficient (Wildman–Crippen LogP) is 3.99. The number of amides is 2. The van der Waals surface area contributed by atoms with Gasteiger partial charge in [0, 0.05) is 25.4 Å². The van der Waals surface area contributed by atoms with Crippen molar-refractivity contribution in [2.24, 2.45) is 34.5 Å². The molecule has 4 fully saturated rings. The van der Waals surface area contributed by atoms with Crippen LogP contribution >= 0.6 is 0 Å². The van der Waals surface area contributed by atoms with Gasteiger partial charge in [0.15, 0.2) is 0 Å². The van der Waals surface area contributed by atoms with Gasteiger partial charge >= 0.3 is 0 Å². The van der Waals surface area contributed by atoms with Gasteiger partial charge in [-0.3, -0.25) is 9.59 Å². The summed E-state index contributed by atoms with van der Waals surface area (Å²) in [5.41, 5.74) is -0.276. The first-order valence-corrected chi connectivity index (χ1v) is 11.6. The number of carbonyl (C=O) groups is 2. The maximum atomic E-state index is 13.2. The van der Waals surface area contributed by atoms with E-state index in [4.69, 9.17) is 6.42 Å². The van der Waals surface area contributed by atoms with Gasteiger partial charge in [0.1, 0.15) is 0 Å². The number of fused-ring (bicyclic) bond motifs is 5. The molecule has 1 aliphatic heterocycles. The Labute approximate surface area is 176 Å². The number of likely N-dealkylation sites (tertiary alicyclic amines) is 1. The molecule has 160 valence electrons. The van der Waals surface area contributed by atoms with Gasteiger partial charge in [0.25, 0.3) is 0 Å². The second-order valence-corrected chi connectivity index (χ2v) is 11.4. The zero-order chi connectivity index (χ0) is 21.2. The number of rotatable bonds is 2. The highest BCUT2D eigenvalue weighted by Crippen LogP contribution is 2.66. The van der Waals surface area contributed by atoms with Crippen molar-refractivity contribution in [3.8, 4) is 12.3 Å². The fourth-order valence-corrected chi connectivity index (χ4v) is 8.01. The van der Waals surface area contributed by atoms with Crippen LogP contribution in [0.1, 0.15) is 79.1 Å². The van der Waals surface area contributed by atoms with E-state index in [0.29, 0.717) is 36.1 Å². The molecule has 1 heterocycles. The van der Waals surface area contributed by atoms with E-state index in [1.807, 2.05) is 20.9 Å². The van der Waals surface area contributed by atoms with Gasteiger partial charge in [-0.1, -0.05) is 19.8 Å². The quantitative estimate of drug-likeness (QED) is 0.715. The van der Waals surface area contributed by atoms with Gasteiger partial charge in [-0.15, -0.1) is 6.42 Å². The number of hydrogen-bond donors (Lipinski definition) is 1. The van der Waals surface area contributed by atoms with Crippen molar-refractivity contribution in [1.29, 1.82) is 0 Å². The molecule has 0 radical (unpaired) electrons. The Bertz CT molecular complexity index is 752. The van der Waals surface area contributed by atoms with Crippen LogP contribution in [0.5, 0.6) is 0 Å². The minimum absolute atomic E-state index is 0.0715. The summed E-state index contributed by atoms with van der Waals surface area (Å²) in [6.07, 6.45) is 14.1. The molecule has 3 aliphatic carbocycles. The van der Waals surface area contributed by atoms with Crippen LogP contribution in [0.15, 0.2) is 0 Å². The van der Waals surface area contributed by atoms with E-state index in [1.165, 1.54) is 12.8 Å². The van der Waals surface area contributed by atoms with E-state index in [-0.39, 0.29) is 22.7 Å².